The van der Waals surface area contributed by atoms with E-state index in [1.54, 1.807) is 24.3 Å². The quantitative estimate of drug-likeness (QED) is 0.0239. The molecule has 0 aromatic heterocycles. The monoisotopic (exact) mass is 1310 g/mol. The van der Waals surface area contributed by atoms with E-state index in [1.807, 2.05) is 0 Å². The van der Waals surface area contributed by atoms with Gasteiger partial charge in [0.05, 0.1) is 56.9 Å². The van der Waals surface area contributed by atoms with Gasteiger partial charge >= 0.3 is 11.9 Å². The maximum Gasteiger partial charge on any atom is 0.328 e. The molecule has 0 aliphatic carbocycles. The van der Waals surface area contributed by atoms with E-state index in [1.165, 1.54) is 130 Å². The van der Waals surface area contributed by atoms with Gasteiger partial charge < -0.3 is 79.6 Å². The van der Waals surface area contributed by atoms with Gasteiger partial charge in [-0.3, -0.25) is 38.4 Å². The van der Waals surface area contributed by atoms with Crippen molar-refractivity contribution >= 4 is 59.2 Å². The molecule has 6 N–H and O–H groups in total. The van der Waals surface area contributed by atoms with Crippen LogP contribution >= 0.6 is 0 Å². The molecule has 26 nitrogen and oxygen atoms in total. The lowest BCUT2D eigenvalue weighted by molar-refractivity contribution is -0.143. The van der Waals surface area contributed by atoms with Gasteiger partial charge in [0.15, 0.2) is 23.0 Å². The van der Waals surface area contributed by atoms with Crippen LogP contribution in [0.15, 0.2) is 97.1 Å². The molecule has 2 atom stereocenters. The van der Waals surface area contributed by atoms with Crippen molar-refractivity contribution in [3.8, 4) is 34.5 Å². The van der Waals surface area contributed by atoms with Crippen molar-refractivity contribution in [3.05, 3.63) is 142 Å². The summed E-state index contributed by atoms with van der Waals surface area (Å²) in [5.74, 6) is -6.71. The van der Waals surface area contributed by atoms with Crippen LogP contribution in [0.25, 0.3) is 0 Å². The van der Waals surface area contributed by atoms with E-state index in [9.17, 15) is 56.7 Å². The Balaban J connectivity index is 1.27. The van der Waals surface area contributed by atoms with Crippen molar-refractivity contribution in [2.45, 2.75) is 63.5 Å². The van der Waals surface area contributed by atoms with Crippen LogP contribution in [0.4, 0.5) is 8.78 Å². The molecule has 0 spiro atoms. The smallest absolute Gasteiger partial charge is 0.328 e. The van der Waals surface area contributed by atoms with Gasteiger partial charge in [0.1, 0.15) is 49.9 Å². The van der Waals surface area contributed by atoms with Crippen LogP contribution in [-0.2, 0) is 51.1 Å². The zero-order valence-corrected chi connectivity index (χ0v) is 53.7. The molecular formula is C66H80F2N8O18. The second kappa shape index (κ2) is 38.3. The highest BCUT2D eigenvalue weighted by Gasteiger charge is 2.29. The SMILES string of the molecule is COC(=O)[C@H](CCCCNC(=O)CN(CC(=O)NCCc1ccc(F)cc1)C(=O)c1cccc(C(=O)N(CC(=O)NCCCC[C@H](NC(=O)c2cc(OC)c(OC)c(OC)c2)C(=O)OC)CC(=O)NCCc2ccc(F)cc2)c1)NC(=O)c1cc(OC)c(OC)c(OC)c1. The topological polar surface area (TPSA) is 323 Å². The summed E-state index contributed by atoms with van der Waals surface area (Å²) in [5.41, 5.74) is 1.32. The second-order valence-electron chi connectivity index (χ2n) is 21.0. The Morgan fingerprint density at radius 2 is 0.713 bits per heavy atom. The molecule has 0 radical (unpaired) electrons. The highest BCUT2D eigenvalue weighted by molar-refractivity contribution is 6.04. The molecule has 94 heavy (non-hydrogen) atoms. The van der Waals surface area contributed by atoms with Crippen LogP contribution in [0.1, 0.15) is 91.1 Å². The first-order valence-corrected chi connectivity index (χ1v) is 29.8. The van der Waals surface area contributed by atoms with E-state index in [0.717, 1.165) is 9.80 Å². The normalized spacial score (nSPS) is 11.3. The number of esters is 2. The molecule has 506 valence electrons. The zero-order valence-electron chi connectivity index (χ0n) is 53.7. The van der Waals surface area contributed by atoms with E-state index >= 15 is 0 Å². The molecule has 5 rings (SSSR count). The predicted octanol–water partition coefficient (Wildman–Crippen LogP) is 4.13. The molecule has 28 heteroatoms. The summed E-state index contributed by atoms with van der Waals surface area (Å²) >= 11 is 0. The average molecular weight is 1310 g/mol. The molecule has 0 unspecified atom stereocenters. The Kier molecular flexibility index (Phi) is 30.3. The van der Waals surface area contributed by atoms with Gasteiger partial charge in [-0.2, -0.15) is 0 Å². The van der Waals surface area contributed by atoms with E-state index < -0.39 is 109 Å². The number of unbranched alkanes of at least 4 members (excludes halogenated alkanes) is 2. The first-order valence-electron chi connectivity index (χ1n) is 29.8. The number of rotatable bonds is 38. The molecule has 0 bridgehead atoms. The zero-order chi connectivity index (χ0) is 68.7. The van der Waals surface area contributed by atoms with Gasteiger partial charge in [0.2, 0.25) is 35.1 Å². The molecule has 0 saturated heterocycles. The maximum absolute atomic E-state index is 14.5. The molecule has 8 amide bonds. The minimum Gasteiger partial charge on any atom is -0.493 e. The number of carbonyl (C=O) groups excluding carboxylic acids is 10. The van der Waals surface area contributed by atoms with Crippen LogP contribution in [0.5, 0.6) is 34.5 Å². The number of benzene rings is 5. The number of nitrogens with one attached hydrogen (secondary N) is 6. The first kappa shape index (κ1) is 74.2. The number of amides is 8. The van der Waals surface area contributed by atoms with E-state index in [2.05, 4.69) is 31.9 Å². The Hall–Kier alpha value is -10.5. The van der Waals surface area contributed by atoms with Gasteiger partial charge in [-0.15, -0.1) is 0 Å². The molecule has 0 fully saturated rings. The minimum atomic E-state index is -1.10. The molecule has 5 aromatic rings. The number of ether oxygens (including phenoxy) is 8. The van der Waals surface area contributed by atoms with Crippen LogP contribution in [0, 0.1) is 11.6 Å². The van der Waals surface area contributed by atoms with Gasteiger partial charge in [-0.25, -0.2) is 18.4 Å². The Morgan fingerprint density at radius 3 is 1.01 bits per heavy atom. The lowest BCUT2D eigenvalue weighted by atomic mass is 10.1. The molecule has 0 saturated carbocycles. The summed E-state index contributed by atoms with van der Waals surface area (Å²) in [5, 5.41) is 16.1. The van der Waals surface area contributed by atoms with Crippen molar-refractivity contribution < 1.29 is 94.6 Å². The van der Waals surface area contributed by atoms with Gasteiger partial charge in [0, 0.05) is 48.4 Å². The third-order valence-corrected chi connectivity index (χ3v) is 14.5. The first-order chi connectivity index (χ1) is 45.2. The Bertz CT molecular complexity index is 3160. The summed E-state index contributed by atoms with van der Waals surface area (Å²) in [6.07, 6.45) is 1.91. The number of nitrogens with zero attached hydrogens (tertiary/aromatic N) is 2. The fourth-order valence-electron chi connectivity index (χ4n) is 9.55. The number of hydrogen-bond acceptors (Lipinski definition) is 18. The summed E-state index contributed by atoms with van der Waals surface area (Å²) in [7, 11) is 10.7. The number of methoxy groups -OCH3 is 8. The minimum absolute atomic E-state index is 0.0292. The fourth-order valence-corrected chi connectivity index (χ4v) is 9.55. The summed E-state index contributed by atoms with van der Waals surface area (Å²) in [4.78, 5) is 138. The van der Waals surface area contributed by atoms with E-state index in [4.69, 9.17) is 37.9 Å². The summed E-state index contributed by atoms with van der Waals surface area (Å²) < 4.78 is 69.1. The highest BCUT2D eigenvalue weighted by Crippen LogP contribution is 2.39. The van der Waals surface area contributed by atoms with Crippen molar-refractivity contribution in [1.82, 2.24) is 41.7 Å². The van der Waals surface area contributed by atoms with Crippen LogP contribution in [0.3, 0.4) is 0 Å². The van der Waals surface area contributed by atoms with Crippen molar-refractivity contribution in [2.24, 2.45) is 0 Å². The lowest BCUT2D eigenvalue weighted by Crippen LogP contribution is -2.47. The molecule has 0 aliphatic rings. The highest BCUT2D eigenvalue weighted by atomic mass is 19.1. The predicted molar refractivity (Wildman–Crippen MR) is 337 cm³/mol. The average Bonchev–Trinajstić information content (AvgIpc) is 0.862. The fraction of sp³-hybridized carbons (Fsp3) is 0.394. The number of hydrogen-bond donors (Lipinski definition) is 6. The largest absolute Gasteiger partial charge is 0.493 e. The lowest BCUT2D eigenvalue weighted by Gasteiger charge is -2.24. The summed E-state index contributed by atoms with van der Waals surface area (Å²) in [6, 6.07) is 20.0. The van der Waals surface area contributed by atoms with Crippen LogP contribution in [-0.4, -0.2) is 190 Å². The Labute approximate surface area is 542 Å². The Morgan fingerprint density at radius 1 is 0.394 bits per heavy atom. The van der Waals surface area contributed by atoms with Crippen molar-refractivity contribution in [2.75, 3.05) is 109 Å². The van der Waals surface area contributed by atoms with Gasteiger partial charge in [-0.1, -0.05) is 30.3 Å². The van der Waals surface area contributed by atoms with Crippen molar-refractivity contribution in [1.29, 1.82) is 0 Å². The summed E-state index contributed by atoms with van der Waals surface area (Å²) in [6.45, 7) is -2.38. The number of halogens is 2. The molecule has 5 aromatic carbocycles. The third kappa shape index (κ3) is 23.0. The van der Waals surface area contributed by atoms with Crippen molar-refractivity contribution in [3.63, 3.8) is 0 Å². The van der Waals surface area contributed by atoms with Gasteiger partial charge in [-0.05, 0) is 129 Å². The van der Waals surface area contributed by atoms with Gasteiger partial charge in [0.25, 0.3) is 23.6 Å². The third-order valence-electron chi connectivity index (χ3n) is 14.5. The maximum atomic E-state index is 14.5. The van der Waals surface area contributed by atoms with Crippen LogP contribution in [0.2, 0.25) is 0 Å². The van der Waals surface area contributed by atoms with E-state index in [0.29, 0.717) is 24.0 Å². The van der Waals surface area contributed by atoms with E-state index in [-0.39, 0.29) is 121 Å². The molecular weight excluding hydrogens is 1230 g/mol. The molecule has 0 aliphatic heterocycles. The second-order valence-corrected chi connectivity index (χ2v) is 21.0. The van der Waals surface area contributed by atoms with Crippen LogP contribution < -0.4 is 60.3 Å². The number of carbonyl (C=O) groups is 10. The molecule has 0 heterocycles. The standard InChI is InChI=1S/C66H80F2N8O18/c1-87-51-33-45(34-52(88-2)59(51)91-5)61(81)73-49(65(85)93-7)16-9-11-28-69-55(77)37-75(39-57(79)71-30-26-41-18-22-47(67)23-19-41)63(83)43-14-13-15-44(32-43)64(84)76(40-58(80)72-31-27-42-20-24-48(68)25-21-42)38-56(78)70-29-12-10-17-50(66(86)94-8)74-62(82)46-35-53(89-3)60(92-6)54(36-46)90-4/h13-15,18-25,32-36,49-50H,9-12,16-17,26-31,37-40H2,1-8H3,(H,69,77)(H,70,78)(H,71,79)(H,72,80)(H,73,81)(H,74,82)/t49-,50-/m0/s1.